The van der Waals surface area contributed by atoms with E-state index in [1.807, 2.05) is 52.0 Å². The molecule has 0 aromatic heterocycles. The lowest BCUT2D eigenvalue weighted by Crippen LogP contribution is -2.61. The van der Waals surface area contributed by atoms with Gasteiger partial charge in [0.25, 0.3) is 11.7 Å². The van der Waals surface area contributed by atoms with E-state index in [1.54, 1.807) is 58.4 Å². The second kappa shape index (κ2) is 29.8. The Labute approximate surface area is 450 Å². The highest BCUT2D eigenvalue weighted by atomic mass is 16.6. The number of Topliss-reactive ketones (excluding diaryl/α,β-unsaturated/α-hetero) is 1. The fourth-order valence-corrected chi connectivity index (χ4v) is 11.3. The van der Waals surface area contributed by atoms with E-state index in [-0.39, 0.29) is 55.8 Å². The first-order valence-electron chi connectivity index (χ1n) is 27.4. The van der Waals surface area contributed by atoms with Gasteiger partial charge >= 0.3 is 5.97 Å². The van der Waals surface area contributed by atoms with Crippen LogP contribution in [0, 0.1) is 35.5 Å². The van der Waals surface area contributed by atoms with Gasteiger partial charge in [0.05, 0.1) is 36.2 Å². The molecule has 1 aromatic rings. The molecule has 16 atom stereocenters. The number of allylic oxidation sites excluding steroid dienone is 5. The van der Waals surface area contributed by atoms with E-state index in [9.17, 15) is 34.8 Å². The zero-order valence-corrected chi connectivity index (χ0v) is 46.5. The van der Waals surface area contributed by atoms with Crippen molar-refractivity contribution in [2.45, 2.75) is 193 Å². The first kappa shape index (κ1) is 62.1. The van der Waals surface area contributed by atoms with Gasteiger partial charge in [-0.05, 0) is 118 Å². The van der Waals surface area contributed by atoms with E-state index in [2.05, 4.69) is 28.2 Å². The molecule has 422 valence electrons. The van der Waals surface area contributed by atoms with Crippen molar-refractivity contribution in [1.29, 1.82) is 0 Å². The van der Waals surface area contributed by atoms with E-state index < -0.39 is 84.1 Å². The van der Waals surface area contributed by atoms with Crippen LogP contribution in [-0.4, -0.2) is 137 Å². The standard InChI is InChI=1S/C58H87N5O13/c1-35-16-12-11-13-17-36(2)49(71-8)32-45-25-19-41(7)58(70,76-45)55(67)56(68)63-27-15-14-18-46(63)57(69)75-50(38(4)30-43-22-26-47(64)51(31-43)72-9)33-48(65)37(3)29-40(6)53(66)54(73-10)52(39(5)28-35)61-74-34-42-20-23-44(24-21-42)60-62-59/h11-13,16-17,20-21,23-24,29,35,37-39,41,43,45-51,53-54,64-66,70H,14-15,18-19,22,25-28,30-34H2,1-10H3/b13-11+,16-12+,36-17+,40-29+,61-52+/t35-,37-,38-,39-,41-,43+,45+,46+,47-,48-,49+,50+,51-,53-,54+,58-/m1/s1. The summed E-state index contributed by atoms with van der Waals surface area (Å²) >= 11 is 0. The Kier molecular flexibility index (Phi) is 24.4. The molecule has 3 fully saturated rings. The van der Waals surface area contributed by atoms with Gasteiger partial charge in [0, 0.05) is 69.1 Å². The van der Waals surface area contributed by atoms with Gasteiger partial charge in [0.1, 0.15) is 31.0 Å². The second-order valence-electron chi connectivity index (χ2n) is 22.0. The van der Waals surface area contributed by atoms with Crippen LogP contribution < -0.4 is 0 Å². The molecule has 18 heteroatoms. The number of methoxy groups -OCH3 is 3. The summed E-state index contributed by atoms with van der Waals surface area (Å²) in [6.45, 7) is 13.4. The monoisotopic (exact) mass is 1060 g/mol. The Morgan fingerprint density at radius 3 is 2.28 bits per heavy atom. The Bertz CT molecular complexity index is 2260. The number of carbonyl (C=O) groups is 3. The molecular formula is C58H87N5O13. The number of cyclic esters (lactones) is 1. The predicted octanol–water partition coefficient (Wildman–Crippen LogP) is 8.92. The number of esters is 1. The molecule has 1 amide bonds. The van der Waals surface area contributed by atoms with Crippen LogP contribution in [0.5, 0.6) is 0 Å². The number of aliphatic hydroxyl groups excluding tert-OH is 3. The average molecular weight is 1060 g/mol. The van der Waals surface area contributed by atoms with Crippen LogP contribution in [0.3, 0.4) is 0 Å². The van der Waals surface area contributed by atoms with Gasteiger partial charge in [0.15, 0.2) is 0 Å². The number of hydrogen-bond donors (Lipinski definition) is 4. The maximum atomic E-state index is 14.6. The SMILES string of the molecule is CO[C@H]1C[C@@H]2CC[C@@H](C)[C@@](O)(O2)C(=O)C(=O)N2CCCC[C@H]2C(=O)O[C@H]([C@H](C)C[C@@H]2CC[C@@H](O)[C@H](OC)C2)C[C@@H](O)[C@H](C)/C=C(\C)[C@@H](O)[C@@H](OC)/C(=N/OCc2ccc(N=[N+]=[N-])cc2)[C@H](C)C[C@H](C)/C=C/C=C/C=C/1C. The smallest absolute Gasteiger partial charge is 0.329 e. The minimum Gasteiger partial charge on any atom is -0.460 e. The van der Waals surface area contributed by atoms with Crippen molar-refractivity contribution in [3.05, 3.63) is 87.9 Å². The Morgan fingerprint density at radius 2 is 1.59 bits per heavy atom. The van der Waals surface area contributed by atoms with Crippen molar-refractivity contribution in [3.8, 4) is 0 Å². The summed E-state index contributed by atoms with van der Waals surface area (Å²) in [6.07, 6.45) is 11.2. The molecule has 4 N–H and O–H groups in total. The lowest BCUT2D eigenvalue weighted by Gasteiger charge is -2.43. The van der Waals surface area contributed by atoms with E-state index in [0.29, 0.717) is 74.8 Å². The van der Waals surface area contributed by atoms with Gasteiger partial charge in [-0.3, -0.25) is 9.59 Å². The van der Waals surface area contributed by atoms with E-state index >= 15 is 0 Å². The van der Waals surface area contributed by atoms with Crippen molar-refractivity contribution >= 4 is 29.1 Å². The van der Waals surface area contributed by atoms with Crippen LogP contribution in [-0.2, 0) is 49.5 Å². The van der Waals surface area contributed by atoms with E-state index in [1.165, 1.54) is 12.0 Å². The molecule has 0 radical (unpaired) electrons. The fraction of sp³-hybridized carbons (Fsp3) is 0.690. The normalized spacial score (nSPS) is 37.5. The first-order chi connectivity index (χ1) is 36.2. The average Bonchev–Trinajstić information content (AvgIpc) is 3.40. The Hall–Kier alpha value is -4.75. The molecule has 1 saturated carbocycles. The number of carbonyl (C=O) groups excluding carboxylic acids is 3. The maximum Gasteiger partial charge on any atom is 0.329 e. The number of oxime groups is 1. The molecule has 2 saturated heterocycles. The largest absolute Gasteiger partial charge is 0.460 e. The number of ketones is 1. The number of nitrogens with zero attached hydrogens (tertiary/aromatic N) is 5. The highest BCUT2D eigenvalue weighted by Crippen LogP contribution is 2.38. The quantitative estimate of drug-likeness (QED) is 0.0325. The van der Waals surface area contributed by atoms with Crippen LogP contribution >= 0.6 is 0 Å². The molecule has 1 aromatic carbocycles. The summed E-state index contributed by atoms with van der Waals surface area (Å²) in [5.41, 5.74) is 11.9. The summed E-state index contributed by atoms with van der Waals surface area (Å²) in [6, 6.07) is 5.79. The minimum absolute atomic E-state index is 0.00987. The summed E-state index contributed by atoms with van der Waals surface area (Å²) in [7, 11) is 4.67. The summed E-state index contributed by atoms with van der Waals surface area (Å²) in [4.78, 5) is 53.3. The zero-order chi connectivity index (χ0) is 55.7. The molecule has 0 unspecified atom stereocenters. The predicted molar refractivity (Wildman–Crippen MR) is 289 cm³/mol. The summed E-state index contributed by atoms with van der Waals surface area (Å²) in [5.74, 6) is -6.93. The van der Waals surface area contributed by atoms with Gasteiger partial charge in [-0.1, -0.05) is 106 Å². The van der Waals surface area contributed by atoms with Crippen LogP contribution in [0.25, 0.3) is 10.4 Å². The number of rotatable bonds is 10. The number of piperidine rings is 1. The summed E-state index contributed by atoms with van der Waals surface area (Å²) in [5, 5.41) is 55.0. The molecule has 0 spiro atoms. The molecule has 3 aliphatic heterocycles. The molecule has 3 heterocycles. The highest BCUT2D eigenvalue weighted by Gasteiger charge is 2.53. The highest BCUT2D eigenvalue weighted by molar-refractivity contribution is 6.39. The van der Waals surface area contributed by atoms with E-state index in [0.717, 1.165) is 17.6 Å². The van der Waals surface area contributed by atoms with Gasteiger partial charge in [-0.25, -0.2) is 4.79 Å². The minimum atomic E-state index is -2.43. The second-order valence-corrected chi connectivity index (χ2v) is 22.0. The van der Waals surface area contributed by atoms with Crippen molar-refractivity contribution < 1.29 is 63.3 Å². The lowest BCUT2D eigenvalue weighted by molar-refractivity contribution is -0.265. The molecule has 76 heavy (non-hydrogen) atoms. The number of azide groups is 1. The van der Waals surface area contributed by atoms with Crippen molar-refractivity contribution in [1.82, 2.24) is 4.90 Å². The number of fused-ring (bicyclic) bond motifs is 3. The number of hydrogen-bond acceptors (Lipinski definition) is 15. The van der Waals surface area contributed by atoms with Gasteiger partial charge in [-0.2, -0.15) is 0 Å². The number of ether oxygens (including phenoxy) is 5. The number of benzene rings is 1. The van der Waals surface area contributed by atoms with Crippen molar-refractivity contribution in [2.24, 2.45) is 45.8 Å². The fourth-order valence-electron chi connectivity index (χ4n) is 11.3. The van der Waals surface area contributed by atoms with Gasteiger partial charge < -0.3 is 53.8 Å². The molecule has 2 bridgehead atoms. The summed E-state index contributed by atoms with van der Waals surface area (Å²) < 4.78 is 30.1. The first-order valence-corrected chi connectivity index (χ1v) is 27.4. The molecule has 1 aliphatic carbocycles. The van der Waals surface area contributed by atoms with Crippen molar-refractivity contribution in [2.75, 3.05) is 27.9 Å². The van der Waals surface area contributed by atoms with E-state index in [4.69, 9.17) is 34.1 Å². The maximum absolute atomic E-state index is 14.6. The number of aliphatic hydroxyl groups is 4. The third-order valence-electron chi connectivity index (χ3n) is 16.2. The Morgan fingerprint density at radius 1 is 0.855 bits per heavy atom. The Balaban J connectivity index is 1.51. The zero-order valence-electron chi connectivity index (χ0n) is 46.5. The topological polar surface area (TPSA) is 252 Å². The van der Waals surface area contributed by atoms with Gasteiger partial charge in [-0.15, -0.1) is 0 Å². The van der Waals surface area contributed by atoms with Crippen LogP contribution in [0.1, 0.15) is 131 Å². The molecule has 5 rings (SSSR count). The van der Waals surface area contributed by atoms with Crippen LogP contribution in [0.2, 0.25) is 0 Å². The number of amides is 1. The van der Waals surface area contributed by atoms with Crippen molar-refractivity contribution in [3.63, 3.8) is 0 Å². The van der Waals surface area contributed by atoms with Crippen LogP contribution in [0.15, 0.2) is 82.1 Å². The third-order valence-corrected chi connectivity index (χ3v) is 16.2. The lowest BCUT2D eigenvalue weighted by atomic mass is 9.78. The van der Waals surface area contributed by atoms with Gasteiger partial charge in [0.2, 0.25) is 5.79 Å². The molecular weight excluding hydrogens is 975 g/mol. The molecule has 18 nitrogen and oxygen atoms in total. The molecule has 4 aliphatic rings. The van der Waals surface area contributed by atoms with Crippen LogP contribution in [0.4, 0.5) is 5.69 Å². The third kappa shape index (κ3) is 16.9.